The van der Waals surface area contributed by atoms with Crippen molar-refractivity contribution in [2.24, 2.45) is 0 Å². The Morgan fingerprint density at radius 3 is 2.54 bits per heavy atom. The van der Waals surface area contributed by atoms with Gasteiger partial charge in [0.05, 0.1) is 0 Å². The molecular weight excluding hydrogens is 360 g/mol. The summed E-state index contributed by atoms with van der Waals surface area (Å²) in [5.41, 5.74) is 2.05. The molecule has 1 aliphatic rings. The summed E-state index contributed by atoms with van der Waals surface area (Å²) >= 11 is 0. The number of hydrogen-bond acceptors (Lipinski definition) is 5. The first kappa shape index (κ1) is 17.6. The fraction of sp³-hybridized carbons (Fsp3) is 0.150. The number of rotatable bonds is 5. The SMILES string of the molecule is CCn1nccc1C(=O)Nc1cccc(NC(=O)c2ccc3c(c2)OCO3)c1. The van der Waals surface area contributed by atoms with Crippen molar-refractivity contribution in [1.29, 1.82) is 0 Å². The fourth-order valence-corrected chi connectivity index (χ4v) is 2.89. The van der Waals surface area contributed by atoms with Gasteiger partial charge >= 0.3 is 0 Å². The van der Waals surface area contributed by atoms with Crippen molar-refractivity contribution in [3.8, 4) is 11.5 Å². The highest BCUT2D eigenvalue weighted by Crippen LogP contribution is 2.32. The maximum Gasteiger partial charge on any atom is 0.273 e. The van der Waals surface area contributed by atoms with Crippen LogP contribution >= 0.6 is 0 Å². The first-order chi connectivity index (χ1) is 13.6. The Labute approximate surface area is 161 Å². The van der Waals surface area contributed by atoms with Crippen molar-refractivity contribution in [1.82, 2.24) is 9.78 Å². The van der Waals surface area contributed by atoms with E-state index < -0.39 is 0 Å². The van der Waals surface area contributed by atoms with Crippen LogP contribution in [0.15, 0.2) is 54.7 Å². The topological polar surface area (TPSA) is 94.5 Å². The summed E-state index contributed by atoms with van der Waals surface area (Å²) in [5, 5.41) is 9.73. The lowest BCUT2D eigenvalue weighted by Gasteiger charge is -2.10. The molecular formula is C20H18N4O4. The van der Waals surface area contributed by atoms with E-state index in [1.54, 1.807) is 59.4 Å². The number of ether oxygens (including phenoxy) is 2. The Morgan fingerprint density at radius 1 is 1.00 bits per heavy atom. The number of hydrogen-bond donors (Lipinski definition) is 2. The molecule has 4 rings (SSSR count). The van der Waals surface area contributed by atoms with E-state index in [0.29, 0.717) is 40.7 Å². The average molecular weight is 378 g/mol. The molecule has 28 heavy (non-hydrogen) atoms. The van der Waals surface area contributed by atoms with Crippen molar-refractivity contribution in [3.05, 3.63) is 66.0 Å². The van der Waals surface area contributed by atoms with Gasteiger partial charge in [-0.2, -0.15) is 5.10 Å². The number of aromatic nitrogens is 2. The molecule has 8 nitrogen and oxygen atoms in total. The second kappa shape index (κ2) is 7.43. The number of aryl methyl sites for hydroxylation is 1. The van der Waals surface area contributed by atoms with Crippen molar-refractivity contribution in [2.75, 3.05) is 17.4 Å². The van der Waals surface area contributed by atoms with Crippen molar-refractivity contribution in [2.45, 2.75) is 13.5 Å². The predicted octanol–water partition coefficient (Wildman–Crippen LogP) is 3.14. The van der Waals surface area contributed by atoms with Crippen LogP contribution in [0, 0.1) is 0 Å². The molecule has 3 aromatic rings. The molecule has 0 bridgehead atoms. The highest BCUT2D eigenvalue weighted by atomic mass is 16.7. The summed E-state index contributed by atoms with van der Waals surface area (Å²) < 4.78 is 12.2. The lowest BCUT2D eigenvalue weighted by atomic mass is 10.2. The summed E-state index contributed by atoms with van der Waals surface area (Å²) in [6.07, 6.45) is 1.58. The number of nitrogens with zero attached hydrogens (tertiary/aromatic N) is 2. The normalized spacial score (nSPS) is 11.9. The third kappa shape index (κ3) is 3.52. The van der Waals surface area contributed by atoms with E-state index in [0.717, 1.165) is 0 Å². The highest BCUT2D eigenvalue weighted by molar-refractivity contribution is 6.06. The Kier molecular flexibility index (Phi) is 4.67. The molecule has 2 amide bonds. The predicted molar refractivity (Wildman–Crippen MR) is 103 cm³/mol. The Hall–Kier alpha value is -3.81. The molecule has 0 atom stereocenters. The van der Waals surface area contributed by atoms with Gasteiger partial charge in [-0.15, -0.1) is 0 Å². The molecule has 142 valence electrons. The highest BCUT2D eigenvalue weighted by Gasteiger charge is 2.17. The van der Waals surface area contributed by atoms with E-state index in [4.69, 9.17) is 9.47 Å². The van der Waals surface area contributed by atoms with Gasteiger partial charge in [-0.05, 0) is 49.4 Å². The van der Waals surface area contributed by atoms with Crippen LogP contribution in [-0.2, 0) is 6.54 Å². The van der Waals surface area contributed by atoms with Crippen LogP contribution in [0.3, 0.4) is 0 Å². The molecule has 0 saturated heterocycles. The molecule has 0 fully saturated rings. The van der Waals surface area contributed by atoms with E-state index in [2.05, 4.69) is 15.7 Å². The molecule has 0 aliphatic carbocycles. The van der Waals surface area contributed by atoms with Gasteiger partial charge < -0.3 is 20.1 Å². The maximum atomic E-state index is 12.5. The number of amides is 2. The third-order valence-electron chi connectivity index (χ3n) is 4.26. The van der Waals surface area contributed by atoms with Gasteiger partial charge in [0.2, 0.25) is 6.79 Å². The molecule has 2 N–H and O–H groups in total. The molecule has 2 aromatic carbocycles. The van der Waals surface area contributed by atoms with Crippen LogP contribution < -0.4 is 20.1 Å². The van der Waals surface area contributed by atoms with Crippen LogP contribution in [0.2, 0.25) is 0 Å². The molecule has 0 unspecified atom stereocenters. The van der Waals surface area contributed by atoms with Crippen molar-refractivity contribution in [3.63, 3.8) is 0 Å². The lowest BCUT2D eigenvalue weighted by Crippen LogP contribution is -2.17. The molecule has 0 saturated carbocycles. The summed E-state index contributed by atoms with van der Waals surface area (Å²) in [5.74, 6) is 0.609. The third-order valence-corrected chi connectivity index (χ3v) is 4.26. The summed E-state index contributed by atoms with van der Waals surface area (Å²) in [6.45, 7) is 2.66. The molecule has 1 aliphatic heterocycles. The quantitative estimate of drug-likeness (QED) is 0.711. The fourth-order valence-electron chi connectivity index (χ4n) is 2.89. The van der Waals surface area contributed by atoms with Gasteiger partial charge in [0.15, 0.2) is 11.5 Å². The van der Waals surface area contributed by atoms with Crippen LogP contribution in [0.25, 0.3) is 0 Å². The monoisotopic (exact) mass is 378 g/mol. The van der Waals surface area contributed by atoms with E-state index >= 15 is 0 Å². The van der Waals surface area contributed by atoms with E-state index in [9.17, 15) is 9.59 Å². The lowest BCUT2D eigenvalue weighted by molar-refractivity contribution is 0.101. The van der Waals surface area contributed by atoms with Gasteiger partial charge in [0.1, 0.15) is 5.69 Å². The minimum atomic E-state index is -0.286. The zero-order chi connectivity index (χ0) is 19.5. The smallest absolute Gasteiger partial charge is 0.273 e. The second-order valence-electron chi connectivity index (χ2n) is 6.09. The largest absolute Gasteiger partial charge is 0.454 e. The van der Waals surface area contributed by atoms with Gasteiger partial charge in [0.25, 0.3) is 11.8 Å². The minimum Gasteiger partial charge on any atom is -0.454 e. The van der Waals surface area contributed by atoms with E-state index in [-0.39, 0.29) is 18.6 Å². The summed E-state index contributed by atoms with van der Waals surface area (Å²) in [6, 6.07) is 13.6. The van der Waals surface area contributed by atoms with Crippen LogP contribution in [0.5, 0.6) is 11.5 Å². The molecule has 1 aromatic heterocycles. The Balaban J connectivity index is 1.46. The molecule has 8 heteroatoms. The van der Waals surface area contributed by atoms with Gasteiger partial charge in [-0.25, -0.2) is 0 Å². The number of anilines is 2. The number of fused-ring (bicyclic) bond motifs is 1. The zero-order valence-corrected chi connectivity index (χ0v) is 15.1. The molecule has 0 radical (unpaired) electrons. The van der Waals surface area contributed by atoms with E-state index in [1.165, 1.54) is 0 Å². The van der Waals surface area contributed by atoms with Crippen LogP contribution in [-0.4, -0.2) is 28.4 Å². The van der Waals surface area contributed by atoms with Crippen molar-refractivity contribution < 1.29 is 19.1 Å². The standard InChI is InChI=1S/C20H18N4O4/c1-2-24-16(8-9-21-24)20(26)23-15-5-3-4-14(11-15)22-19(25)13-6-7-17-18(10-13)28-12-27-17/h3-11H,2,12H2,1H3,(H,22,25)(H,23,26). The zero-order valence-electron chi connectivity index (χ0n) is 15.1. The van der Waals surface area contributed by atoms with Gasteiger partial charge in [-0.1, -0.05) is 6.07 Å². The number of carbonyl (C=O) groups excluding carboxylic acids is 2. The first-order valence-electron chi connectivity index (χ1n) is 8.78. The number of carbonyl (C=O) groups is 2. The van der Waals surface area contributed by atoms with Crippen molar-refractivity contribution >= 4 is 23.2 Å². The van der Waals surface area contributed by atoms with Crippen LogP contribution in [0.1, 0.15) is 27.8 Å². The minimum absolute atomic E-state index is 0.152. The van der Waals surface area contributed by atoms with E-state index in [1.807, 2.05) is 6.92 Å². The number of benzene rings is 2. The summed E-state index contributed by atoms with van der Waals surface area (Å²) in [4.78, 5) is 24.9. The average Bonchev–Trinajstić information content (AvgIpc) is 3.36. The van der Waals surface area contributed by atoms with Crippen LogP contribution in [0.4, 0.5) is 11.4 Å². The summed E-state index contributed by atoms with van der Waals surface area (Å²) in [7, 11) is 0. The number of nitrogens with one attached hydrogen (secondary N) is 2. The van der Waals surface area contributed by atoms with Gasteiger partial charge in [0, 0.05) is 29.7 Å². The van der Waals surface area contributed by atoms with Gasteiger partial charge in [-0.3, -0.25) is 14.3 Å². The first-order valence-corrected chi connectivity index (χ1v) is 8.78. The second-order valence-corrected chi connectivity index (χ2v) is 6.09. The maximum absolute atomic E-state index is 12.5. The molecule has 0 spiro atoms. The Bertz CT molecular complexity index is 1040. The Morgan fingerprint density at radius 2 is 1.75 bits per heavy atom. The molecule has 2 heterocycles.